The minimum absolute atomic E-state index is 0.231. The predicted octanol–water partition coefficient (Wildman–Crippen LogP) is 3.05. The van der Waals surface area contributed by atoms with E-state index >= 15 is 0 Å². The van der Waals surface area contributed by atoms with Gasteiger partial charge >= 0.3 is 0 Å². The summed E-state index contributed by atoms with van der Waals surface area (Å²) < 4.78 is 8.95. The summed E-state index contributed by atoms with van der Waals surface area (Å²) in [6.07, 6.45) is 0. The van der Waals surface area contributed by atoms with Crippen molar-refractivity contribution in [1.29, 1.82) is 0 Å². The van der Waals surface area contributed by atoms with Gasteiger partial charge in [0.15, 0.2) is 5.75 Å². The number of nitrogens with zero attached hydrogens (tertiary/aromatic N) is 2. The third kappa shape index (κ3) is 2.03. The van der Waals surface area contributed by atoms with Crippen molar-refractivity contribution in [1.82, 2.24) is 14.5 Å². The van der Waals surface area contributed by atoms with Crippen LogP contribution in [0.1, 0.15) is 10.4 Å². The van der Waals surface area contributed by atoms with Gasteiger partial charge in [-0.3, -0.25) is 14.2 Å². The molecule has 1 atom stereocenters. The summed E-state index contributed by atoms with van der Waals surface area (Å²) in [6, 6.07) is 12.4. The molecular weight excluding hydrogens is 406 g/mol. The van der Waals surface area contributed by atoms with Crippen LogP contribution in [0, 0.1) is 0 Å². The zero-order valence-electron chi connectivity index (χ0n) is 16.5. The van der Waals surface area contributed by atoms with Gasteiger partial charge in [-0.1, -0.05) is 23.7 Å². The van der Waals surface area contributed by atoms with Gasteiger partial charge in [-0.05, 0) is 30.3 Å². The molecule has 3 heterocycles. The predicted molar refractivity (Wildman–Crippen MR) is 114 cm³/mol. The van der Waals surface area contributed by atoms with Gasteiger partial charge in [-0.25, -0.2) is 0 Å². The molecule has 0 unspecified atom stereocenters. The molecule has 2 N–H and O–H groups in total. The molecule has 0 saturated carbocycles. The molecule has 0 radical (unpaired) electrons. The second-order valence-corrected chi connectivity index (χ2v) is 7.70. The number of likely N-dealkylation sites (N-methyl/N-ethyl adjacent to an activating group) is 1. The van der Waals surface area contributed by atoms with Crippen LogP contribution in [0.15, 0.2) is 42.5 Å². The number of fused-ring (bicyclic) bond motifs is 7. The molecule has 0 spiro atoms. The molecule has 0 aliphatic carbocycles. The summed E-state index contributed by atoms with van der Waals surface area (Å²) >= 11 is 6.21. The third-order valence-electron chi connectivity index (χ3n) is 5.83. The molecule has 0 bridgehead atoms. The van der Waals surface area contributed by atoms with Crippen LogP contribution in [-0.4, -0.2) is 40.1 Å². The summed E-state index contributed by atoms with van der Waals surface area (Å²) in [7, 11) is 4.73. The zero-order valence-corrected chi connectivity index (χ0v) is 17.2. The van der Waals surface area contributed by atoms with Gasteiger partial charge < -0.3 is 19.7 Å². The molecule has 5 rings (SSSR count). The highest BCUT2D eigenvalue weighted by Crippen LogP contribution is 2.50. The number of Topliss-reactive ketones (excluding diaryl/α,β-unsaturated/α-hetero) is 1. The van der Waals surface area contributed by atoms with Crippen LogP contribution in [-0.2, 0) is 17.6 Å². The van der Waals surface area contributed by atoms with Crippen molar-refractivity contribution in [3.63, 3.8) is 0 Å². The Morgan fingerprint density at radius 2 is 1.87 bits per heavy atom. The molecule has 4 aromatic rings. The average Bonchev–Trinajstić information content (AvgIpc) is 3.23. The number of aromatic nitrogens is 2. The second kappa shape index (κ2) is 6.10. The van der Waals surface area contributed by atoms with Crippen LogP contribution in [0.2, 0.25) is 5.02 Å². The van der Waals surface area contributed by atoms with Crippen molar-refractivity contribution >= 4 is 45.1 Å². The Balaban J connectivity index is 2.08. The van der Waals surface area contributed by atoms with Crippen LogP contribution in [0.5, 0.6) is 5.75 Å². The maximum absolute atomic E-state index is 13.8. The molecule has 7 nitrogen and oxygen atoms in total. The van der Waals surface area contributed by atoms with E-state index in [9.17, 15) is 14.7 Å². The molecule has 1 amide bonds. The highest BCUT2D eigenvalue weighted by molar-refractivity contribution is 6.32. The number of amides is 1. The molecule has 1 aliphatic rings. The number of carbonyl (C=O) groups is 2. The van der Waals surface area contributed by atoms with Crippen molar-refractivity contribution in [2.45, 2.75) is 5.72 Å². The Kier molecular flexibility index (Phi) is 3.81. The van der Waals surface area contributed by atoms with E-state index in [1.165, 1.54) is 18.7 Å². The Morgan fingerprint density at radius 3 is 2.57 bits per heavy atom. The first-order valence-electron chi connectivity index (χ1n) is 9.31. The average molecular weight is 424 g/mol. The first kappa shape index (κ1) is 18.7. The lowest BCUT2D eigenvalue weighted by Gasteiger charge is -2.33. The van der Waals surface area contributed by atoms with Gasteiger partial charge in [0.2, 0.25) is 5.78 Å². The summed E-state index contributed by atoms with van der Waals surface area (Å²) in [5.41, 5.74) is 0.0164. The smallest absolute Gasteiger partial charge is 0.289 e. The number of carbonyl (C=O) groups excluding carboxylic acids is 2. The summed E-state index contributed by atoms with van der Waals surface area (Å²) in [6.45, 7) is 0. The number of aliphatic hydroxyl groups is 1. The van der Waals surface area contributed by atoms with Crippen molar-refractivity contribution in [2.75, 3.05) is 14.2 Å². The standard InChI is InChI=1S/C22H18ClN3O4/c1-24-21(28)22(29)20(27)16-13-10-11(23)8-9-14(13)25(2)17(16)18-19(30-3)12-6-4-5-7-15(12)26(18)22/h4-10,29H,1-3H3,(H,24,28)/t22-/m1/s1. The van der Waals surface area contributed by atoms with Gasteiger partial charge in [0, 0.05) is 35.4 Å². The van der Waals surface area contributed by atoms with Crippen LogP contribution in [0.4, 0.5) is 0 Å². The second-order valence-electron chi connectivity index (χ2n) is 7.26. The van der Waals surface area contributed by atoms with Gasteiger partial charge in [0.1, 0.15) is 5.69 Å². The first-order chi connectivity index (χ1) is 14.4. The van der Waals surface area contributed by atoms with Crippen LogP contribution in [0.25, 0.3) is 33.2 Å². The lowest BCUT2D eigenvalue weighted by Crippen LogP contribution is -2.55. The molecule has 8 heteroatoms. The molecule has 1 aliphatic heterocycles. The van der Waals surface area contributed by atoms with E-state index < -0.39 is 17.4 Å². The Hall–Kier alpha value is -3.29. The fraction of sp³-hybridized carbons (Fsp3) is 0.182. The number of hydrogen-bond acceptors (Lipinski definition) is 4. The third-order valence-corrected chi connectivity index (χ3v) is 6.06. The molecule has 2 aromatic heterocycles. The summed E-state index contributed by atoms with van der Waals surface area (Å²) in [5.74, 6) is -1.08. The number of benzene rings is 2. The van der Waals surface area contributed by atoms with Crippen LogP contribution >= 0.6 is 11.6 Å². The number of methoxy groups -OCH3 is 1. The van der Waals surface area contributed by atoms with Gasteiger partial charge in [0.05, 0.1) is 23.9 Å². The summed E-state index contributed by atoms with van der Waals surface area (Å²) in [4.78, 5) is 26.7. The maximum atomic E-state index is 13.8. The van der Waals surface area contributed by atoms with Gasteiger partial charge in [-0.2, -0.15) is 0 Å². The number of aryl methyl sites for hydroxylation is 1. The highest BCUT2D eigenvalue weighted by Gasteiger charge is 2.54. The SMILES string of the molecule is CNC(=O)[C@]1(O)C(=O)c2c(n(C)c3ccc(Cl)cc23)-c2c(OC)c3ccccc3n21. The molecule has 2 aromatic carbocycles. The van der Waals surface area contributed by atoms with Gasteiger partial charge in [0.25, 0.3) is 11.6 Å². The fourth-order valence-electron chi connectivity index (χ4n) is 4.55. The molecular formula is C22H18ClN3O4. The monoisotopic (exact) mass is 423 g/mol. The fourth-order valence-corrected chi connectivity index (χ4v) is 4.72. The Bertz CT molecular complexity index is 1400. The topological polar surface area (TPSA) is 85.5 Å². The number of rotatable bonds is 2. The largest absolute Gasteiger partial charge is 0.494 e. The highest BCUT2D eigenvalue weighted by atomic mass is 35.5. The van der Waals surface area contributed by atoms with Crippen molar-refractivity contribution in [2.24, 2.45) is 7.05 Å². The number of hydrogen-bond donors (Lipinski definition) is 2. The number of ketones is 1. The van der Waals surface area contributed by atoms with E-state index in [4.69, 9.17) is 16.3 Å². The lowest BCUT2D eigenvalue weighted by molar-refractivity contribution is -0.142. The number of nitrogens with one attached hydrogen (secondary N) is 1. The van der Waals surface area contributed by atoms with E-state index in [1.807, 2.05) is 29.8 Å². The minimum atomic E-state index is -2.48. The van der Waals surface area contributed by atoms with E-state index in [-0.39, 0.29) is 5.56 Å². The van der Waals surface area contributed by atoms with Crippen molar-refractivity contribution < 1.29 is 19.4 Å². The quantitative estimate of drug-likeness (QED) is 0.485. The first-order valence-corrected chi connectivity index (χ1v) is 9.69. The molecule has 152 valence electrons. The van der Waals surface area contributed by atoms with Crippen molar-refractivity contribution in [3.05, 3.63) is 53.1 Å². The number of halogens is 1. The minimum Gasteiger partial charge on any atom is -0.494 e. The van der Waals surface area contributed by atoms with Crippen LogP contribution < -0.4 is 10.1 Å². The van der Waals surface area contributed by atoms with E-state index in [0.717, 1.165) is 5.52 Å². The van der Waals surface area contributed by atoms with E-state index in [2.05, 4.69) is 5.32 Å². The summed E-state index contributed by atoms with van der Waals surface area (Å²) in [5, 5.41) is 15.8. The zero-order chi connectivity index (χ0) is 21.4. The lowest BCUT2D eigenvalue weighted by atomic mass is 9.91. The maximum Gasteiger partial charge on any atom is 0.289 e. The van der Waals surface area contributed by atoms with E-state index in [1.54, 1.807) is 24.3 Å². The molecule has 0 saturated heterocycles. The molecule has 30 heavy (non-hydrogen) atoms. The van der Waals surface area contributed by atoms with E-state index in [0.29, 0.717) is 38.4 Å². The normalized spacial score (nSPS) is 17.8. The molecule has 0 fully saturated rings. The number of ether oxygens (including phenoxy) is 1. The van der Waals surface area contributed by atoms with Crippen LogP contribution in [0.3, 0.4) is 0 Å². The number of para-hydroxylation sites is 1. The van der Waals surface area contributed by atoms with Crippen molar-refractivity contribution in [3.8, 4) is 17.1 Å². The Labute approximate surface area is 176 Å². The Morgan fingerprint density at radius 1 is 1.13 bits per heavy atom. The van der Waals surface area contributed by atoms with Gasteiger partial charge in [-0.15, -0.1) is 0 Å².